The van der Waals surface area contributed by atoms with Crippen molar-refractivity contribution in [3.05, 3.63) is 81.5 Å². The second-order valence-electron chi connectivity index (χ2n) is 15.4. The molecule has 16 heteroatoms. The highest BCUT2D eigenvalue weighted by atomic mass is 35.5. The molecule has 0 saturated carbocycles. The topological polar surface area (TPSA) is 143 Å². The number of amides is 2. The lowest BCUT2D eigenvalue weighted by molar-refractivity contribution is -0.137. The van der Waals surface area contributed by atoms with E-state index in [-0.39, 0.29) is 41.5 Å². The highest BCUT2D eigenvalue weighted by Gasteiger charge is 2.48. The van der Waals surface area contributed by atoms with Gasteiger partial charge in [0.1, 0.15) is 5.82 Å². The average Bonchev–Trinajstić information content (AvgIpc) is 3.79. The molecule has 0 bridgehead atoms. The SMILES string of the molecule is COc1nc(-c2ccnc(-c3cccc4c3CCC[C@H]4Nc3nc(OC)c(CN4CC5(CNC(=O)C5)C4)cc3C(F)(F)F)c2Cl)ccc1CNC[C@H]1CCC(=O)N1. The van der Waals surface area contributed by atoms with Gasteiger partial charge in [0.25, 0.3) is 0 Å². The lowest BCUT2D eigenvalue weighted by Crippen LogP contribution is -2.56. The highest BCUT2D eigenvalue weighted by Crippen LogP contribution is 2.45. The molecule has 3 saturated heterocycles. The monoisotopic (exact) mass is 804 g/mol. The number of likely N-dealkylation sites (tertiary alicyclic amines) is 1. The fraction of sp³-hybridized carbons (Fsp3) is 0.439. The van der Waals surface area contributed by atoms with E-state index in [0.717, 1.165) is 34.7 Å². The van der Waals surface area contributed by atoms with Crippen LogP contribution in [0.2, 0.25) is 5.02 Å². The third-order valence-corrected chi connectivity index (χ3v) is 11.8. The molecule has 8 rings (SSSR count). The van der Waals surface area contributed by atoms with E-state index < -0.39 is 17.8 Å². The molecule has 4 N–H and O–H groups in total. The van der Waals surface area contributed by atoms with Crippen LogP contribution in [-0.4, -0.2) is 78.1 Å². The molecule has 12 nitrogen and oxygen atoms in total. The number of carbonyl (C=O) groups is 2. The summed E-state index contributed by atoms with van der Waals surface area (Å²) in [5.41, 5.74) is 4.55. The Morgan fingerprint density at radius 3 is 2.51 bits per heavy atom. The third kappa shape index (κ3) is 7.97. The number of hydrogen-bond acceptors (Lipinski definition) is 10. The number of alkyl halides is 3. The van der Waals surface area contributed by atoms with Gasteiger partial charge < -0.3 is 30.7 Å². The molecule has 3 aromatic heterocycles. The van der Waals surface area contributed by atoms with Crippen molar-refractivity contribution in [3.63, 3.8) is 0 Å². The molecule has 4 aromatic rings. The Balaban J connectivity index is 1.03. The van der Waals surface area contributed by atoms with Crippen LogP contribution < -0.4 is 30.7 Å². The summed E-state index contributed by atoms with van der Waals surface area (Å²) in [5, 5.41) is 12.7. The maximum Gasteiger partial charge on any atom is 0.419 e. The fourth-order valence-electron chi connectivity index (χ4n) is 8.74. The number of methoxy groups -OCH3 is 2. The van der Waals surface area contributed by atoms with E-state index in [4.69, 9.17) is 26.1 Å². The van der Waals surface area contributed by atoms with E-state index in [0.29, 0.717) is 98.2 Å². The first-order valence-electron chi connectivity index (χ1n) is 19.2. The number of carbonyl (C=O) groups excluding carboxylic acids is 2. The summed E-state index contributed by atoms with van der Waals surface area (Å²) < 4.78 is 55.3. The molecule has 0 radical (unpaired) electrons. The first kappa shape index (κ1) is 38.9. The van der Waals surface area contributed by atoms with Gasteiger partial charge in [0.15, 0.2) is 0 Å². The zero-order valence-electron chi connectivity index (χ0n) is 31.7. The van der Waals surface area contributed by atoms with Crippen LogP contribution in [0.25, 0.3) is 22.5 Å². The van der Waals surface area contributed by atoms with Crippen LogP contribution in [0.3, 0.4) is 0 Å². The Hall–Kier alpha value is -4.99. The summed E-state index contributed by atoms with van der Waals surface area (Å²) in [7, 11) is 2.97. The molecule has 57 heavy (non-hydrogen) atoms. The summed E-state index contributed by atoms with van der Waals surface area (Å²) in [5.74, 6) is 0.352. The molecule has 3 fully saturated rings. The maximum atomic E-state index is 14.7. The summed E-state index contributed by atoms with van der Waals surface area (Å²) in [6, 6.07) is 12.1. The Labute approximate surface area is 333 Å². The Morgan fingerprint density at radius 1 is 0.982 bits per heavy atom. The molecule has 4 aliphatic rings. The molecule has 3 aliphatic heterocycles. The van der Waals surface area contributed by atoms with Gasteiger partial charge in [-0.2, -0.15) is 18.2 Å². The lowest BCUT2D eigenvalue weighted by atomic mass is 9.79. The molecule has 1 aliphatic carbocycles. The van der Waals surface area contributed by atoms with Crippen molar-refractivity contribution in [2.24, 2.45) is 5.41 Å². The number of pyridine rings is 3. The van der Waals surface area contributed by atoms with Gasteiger partial charge in [0.05, 0.1) is 42.2 Å². The Morgan fingerprint density at radius 2 is 1.79 bits per heavy atom. The smallest absolute Gasteiger partial charge is 0.419 e. The van der Waals surface area contributed by atoms with Crippen LogP contribution in [0.4, 0.5) is 19.0 Å². The number of fused-ring (bicyclic) bond motifs is 1. The minimum absolute atomic E-state index is 0.00577. The molecule has 1 spiro atoms. The normalized spacial score (nSPS) is 20.2. The van der Waals surface area contributed by atoms with Crippen LogP contribution in [0, 0.1) is 5.41 Å². The molecule has 300 valence electrons. The molecular formula is C41H44ClF3N8O4. The molecule has 6 heterocycles. The van der Waals surface area contributed by atoms with Crippen molar-refractivity contribution in [1.29, 1.82) is 0 Å². The standard InChI is InChI=1S/C41H44ClF3N8O4/c1-56-38-23(17-46-18-25-10-12-33(54)49-25)9-11-32(51-38)29-13-14-47-36(35(29)42)28-7-3-6-27-26(28)5-4-8-31(27)50-37-30(41(43,44)45)15-24(39(52-37)57-2)19-53-21-40(22-53)16-34(55)48-20-40/h3,6-7,9,11,13-15,25,31,46H,4-5,8,10,12,16-22H2,1-2H3,(H,48,55)(H,49,54)(H,50,52)/t25-,31-/m1/s1. The zero-order valence-corrected chi connectivity index (χ0v) is 32.4. The van der Waals surface area contributed by atoms with Gasteiger partial charge in [-0.05, 0) is 55.0 Å². The van der Waals surface area contributed by atoms with Crippen molar-refractivity contribution in [3.8, 4) is 34.3 Å². The number of ether oxygens (including phenoxy) is 2. The molecule has 0 unspecified atom stereocenters. The number of rotatable bonds is 12. The van der Waals surface area contributed by atoms with Crippen LogP contribution >= 0.6 is 11.6 Å². The Kier molecular flexibility index (Phi) is 10.7. The van der Waals surface area contributed by atoms with Crippen molar-refractivity contribution < 1.29 is 32.2 Å². The number of hydrogen-bond donors (Lipinski definition) is 4. The number of nitrogens with one attached hydrogen (secondary N) is 4. The summed E-state index contributed by atoms with van der Waals surface area (Å²) >= 11 is 7.13. The van der Waals surface area contributed by atoms with Gasteiger partial charge in [-0.25, -0.2) is 4.98 Å². The number of nitrogens with zero attached hydrogens (tertiary/aromatic N) is 4. The van der Waals surface area contributed by atoms with Gasteiger partial charge in [-0.15, -0.1) is 0 Å². The largest absolute Gasteiger partial charge is 0.481 e. The quantitative estimate of drug-likeness (QED) is 0.133. The van der Waals surface area contributed by atoms with E-state index in [9.17, 15) is 22.8 Å². The van der Waals surface area contributed by atoms with Crippen molar-refractivity contribution in [2.75, 3.05) is 45.7 Å². The summed E-state index contributed by atoms with van der Waals surface area (Å²) in [6.07, 6.45) is 0.752. The molecule has 2 atom stereocenters. The minimum Gasteiger partial charge on any atom is -0.481 e. The summed E-state index contributed by atoms with van der Waals surface area (Å²) in [6.45, 7) is 3.16. The van der Waals surface area contributed by atoms with Crippen molar-refractivity contribution >= 4 is 29.2 Å². The zero-order chi connectivity index (χ0) is 39.9. The summed E-state index contributed by atoms with van der Waals surface area (Å²) in [4.78, 5) is 39.2. The highest BCUT2D eigenvalue weighted by molar-refractivity contribution is 6.35. The maximum absolute atomic E-state index is 14.7. The second-order valence-corrected chi connectivity index (χ2v) is 15.8. The fourth-order valence-corrected chi connectivity index (χ4v) is 9.05. The number of aromatic nitrogens is 3. The Bertz CT molecular complexity index is 2200. The number of benzene rings is 1. The van der Waals surface area contributed by atoms with Gasteiger partial charge in [0, 0.05) is 92.0 Å². The first-order chi connectivity index (χ1) is 27.4. The molecule has 2 amide bonds. The van der Waals surface area contributed by atoms with Gasteiger partial charge in [-0.1, -0.05) is 35.9 Å². The molecular weight excluding hydrogens is 761 g/mol. The number of halogens is 4. The van der Waals surface area contributed by atoms with Crippen LogP contribution in [0.15, 0.2) is 48.7 Å². The first-order valence-corrected chi connectivity index (χ1v) is 19.5. The predicted octanol–water partition coefficient (Wildman–Crippen LogP) is 6.07. The van der Waals surface area contributed by atoms with E-state index in [1.54, 1.807) is 19.4 Å². The van der Waals surface area contributed by atoms with Gasteiger partial charge >= 0.3 is 6.18 Å². The minimum atomic E-state index is -4.68. The van der Waals surface area contributed by atoms with Gasteiger partial charge in [0.2, 0.25) is 23.6 Å². The number of anilines is 1. The van der Waals surface area contributed by atoms with E-state index in [2.05, 4.69) is 31.2 Å². The van der Waals surface area contributed by atoms with Crippen LogP contribution in [-0.2, 0) is 35.3 Å². The third-order valence-electron chi connectivity index (χ3n) is 11.4. The van der Waals surface area contributed by atoms with E-state index in [1.807, 2.05) is 35.2 Å². The van der Waals surface area contributed by atoms with E-state index in [1.165, 1.54) is 7.11 Å². The van der Waals surface area contributed by atoms with E-state index >= 15 is 0 Å². The predicted molar refractivity (Wildman–Crippen MR) is 208 cm³/mol. The van der Waals surface area contributed by atoms with Gasteiger partial charge in [-0.3, -0.25) is 19.5 Å². The lowest BCUT2D eigenvalue weighted by Gasteiger charge is -2.47. The molecule has 1 aromatic carbocycles. The second kappa shape index (κ2) is 15.7. The average molecular weight is 805 g/mol. The van der Waals surface area contributed by atoms with Crippen LogP contribution in [0.1, 0.15) is 66.0 Å². The van der Waals surface area contributed by atoms with Crippen LogP contribution in [0.5, 0.6) is 11.8 Å². The van der Waals surface area contributed by atoms with Crippen molar-refractivity contribution in [1.82, 2.24) is 35.8 Å². The van der Waals surface area contributed by atoms with Crippen molar-refractivity contribution in [2.45, 2.75) is 69.9 Å².